The molecule has 1 nitrogen and oxygen atoms in total. The largest absolute Gasteiger partial charge is 0.261 e. The van der Waals surface area contributed by atoms with Crippen molar-refractivity contribution in [2.75, 3.05) is 0 Å². The average Bonchev–Trinajstić information content (AvgIpc) is 2.73. The molecule has 1 heteroatoms. The van der Waals surface area contributed by atoms with E-state index in [1.165, 1.54) is 39.1 Å². The van der Waals surface area contributed by atoms with Crippen LogP contribution in [0.5, 0.6) is 0 Å². The number of benzene rings is 2. The van der Waals surface area contributed by atoms with Gasteiger partial charge in [-0.25, -0.2) is 0 Å². The van der Waals surface area contributed by atoms with Crippen LogP contribution in [0.4, 0.5) is 0 Å². The number of pyridine rings is 1. The van der Waals surface area contributed by atoms with Gasteiger partial charge in [0.1, 0.15) is 0 Å². The number of fused-ring (bicyclic) bond motifs is 2. The molecular formula is C22H19N. The zero-order chi connectivity index (χ0) is 15.6. The van der Waals surface area contributed by atoms with E-state index in [4.69, 9.17) is 0 Å². The van der Waals surface area contributed by atoms with Gasteiger partial charge in [0.15, 0.2) is 0 Å². The van der Waals surface area contributed by atoms with Gasteiger partial charge in [-0.15, -0.1) is 0 Å². The van der Waals surface area contributed by atoms with Crippen LogP contribution >= 0.6 is 0 Å². The zero-order valence-electron chi connectivity index (χ0n) is 13.3. The lowest BCUT2D eigenvalue weighted by atomic mass is 9.93. The first kappa shape index (κ1) is 14.0. The number of aromatic nitrogens is 1. The summed E-state index contributed by atoms with van der Waals surface area (Å²) in [5.41, 5.74) is 9.01. The predicted molar refractivity (Wildman–Crippen MR) is 96.2 cm³/mol. The normalized spacial score (nSPS) is 14.9. The Morgan fingerprint density at radius 1 is 0.870 bits per heavy atom. The molecule has 0 bridgehead atoms. The number of rotatable bonds is 1. The van der Waals surface area contributed by atoms with Crippen LogP contribution in [-0.4, -0.2) is 4.98 Å². The Morgan fingerprint density at radius 2 is 1.74 bits per heavy atom. The van der Waals surface area contributed by atoms with Crippen molar-refractivity contribution in [1.29, 1.82) is 0 Å². The van der Waals surface area contributed by atoms with E-state index in [-0.39, 0.29) is 0 Å². The van der Waals surface area contributed by atoms with E-state index in [1.807, 2.05) is 12.3 Å². The molecule has 0 spiro atoms. The van der Waals surface area contributed by atoms with Crippen LogP contribution < -0.4 is 0 Å². The second-order valence-electron chi connectivity index (χ2n) is 6.13. The summed E-state index contributed by atoms with van der Waals surface area (Å²) in [5, 5.41) is 0. The minimum Gasteiger partial charge on any atom is -0.261 e. The van der Waals surface area contributed by atoms with E-state index >= 15 is 0 Å². The quantitative estimate of drug-likeness (QED) is 0.610. The Bertz CT molecular complexity index is 840. The molecule has 1 heterocycles. The maximum Gasteiger partial charge on any atom is 0.0485 e. The molecule has 4 rings (SSSR count). The van der Waals surface area contributed by atoms with Crippen LogP contribution in [0.1, 0.15) is 33.5 Å². The Hall–Kier alpha value is -2.67. The van der Waals surface area contributed by atoms with Gasteiger partial charge in [-0.05, 0) is 54.2 Å². The van der Waals surface area contributed by atoms with Crippen molar-refractivity contribution in [3.63, 3.8) is 0 Å². The van der Waals surface area contributed by atoms with Crippen LogP contribution in [-0.2, 0) is 12.8 Å². The number of nitrogens with zero attached hydrogens (tertiary/aromatic N) is 1. The first-order valence-corrected chi connectivity index (χ1v) is 8.12. The summed E-state index contributed by atoms with van der Waals surface area (Å²) in [6, 6.07) is 21.6. The number of hydrogen-bond acceptors (Lipinski definition) is 1. The molecule has 1 aliphatic carbocycles. The van der Waals surface area contributed by atoms with E-state index in [1.54, 1.807) is 0 Å². The summed E-state index contributed by atoms with van der Waals surface area (Å²) in [4.78, 5) is 4.63. The van der Waals surface area contributed by atoms with Gasteiger partial charge >= 0.3 is 0 Å². The molecule has 0 aliphatic heterocycles. The molecule has 3 aromatic rings. The summed E-state index contributed by atoms with van der Waals surface area (Å²) in [6.07, 6.45) is 6.25. The lowest BCUT2D eigenvalue weighted by molar-refractivity contribution is 0.918. The summed E-state index contributed by atoms with van der Waals surface area (Å²) in [5.74, 6) is 0. The summed E-state index contributed by atoms with van der Waals surface area (Å²) >= 11 is 0. The fourth-order valence-corrected chi connectivity index (χ4v) is 3.36. The Labute approximate surface area is 137 Å². The fraction of sp³-hybridized carbons (Fsp3) is 0.136. The third kappa shape index (κ3) is 2.70. The maximum absolute atomic E-state index is 4.63. The van der Waals surface area contributed by atoms with Gasteiger partial charge in [0.2, 0.25) is 0 Å². The van der Waals surface area contributed by atoms with Gasteiger partial charge in [0, 0.05) is 17.5 Å². The van der Waals surface area contributed by atoms with Crippen molar-refractivity contribution in [2.45, 2.75) is 19.8 Å². The smallest absolute Gasteiger partial charge is 0.0485 e. The molecule has 0 saturated heterocycles. The van der Waals surface area contributed by atoms with Crippen molar-refractivity contribution in [3.05, 3.63) is 100 Å². The zero-order valence-corrected chi connectivity index (χ0v) is 13.3. The molecule has 23 heavy (non-hydrogen) atoms. The third-order valence-electron chi connectivity index (χ3n) is 4.47. The van der Waals surface area contributed by atoms with Gasteiger partial charge in [-0.1, -0.05) is 60.2 Å². The van der Waals surface area contributed by atoms with Crippen LogP contribution in [0.2, 0.25) is 0 Å². The van der Waals surface area contributed by atoms with E-state index in [9.17, 15) is 0 Å². The second kappa shape index (κ2) is 5.85. The summed E-state index contributed by atoms with van der Waals surface area (Å²) in [6.45, 7) is 2.14. The van der Waals surface area contributed by atoms with Crippen molar-refractivity contribution >= 4 is 11.6 Å². The molecule has 0 fully saturated rings. The lowest BCUT2D eigenvalue weighted by Gasteiger charge is -2.11. The van der Waals surface area contributed by atoms with E-state index in [0.29, 0.717) is 0 Å². The topological polar surface area (TPSA) is 12.9 Å². The molecule has 0 radical (unpaired) electrons. The SMILES string of the molecule is Cc1cccc(/C=C2/c3ccccc3CCc3ncccc32)c1. The molecule has 0 atom stereocenters. The molecule has 1 aromatic heterocycles. The minimum absolute atomic E-state index is 0.998. The number of aryl methyl sites for hydroxylation is 3. The Kier molecular flexibility index (Phi) is 3.55. The molecule has 0 amide bonds. The van der Waals surface area contributed by atoms with Gasteiger partial charge < -0.3 is 0 Å². The van der Waals surface area contributed by atoms with Crippen molar-refractivity contribution < 1.29 is 0 Å². The van der Waals surface area contributed by atoms with Crippen molar-refractivity contribution in [1.82, 2.24) is 4.98 Å². The molecule has 0 saturated carbocycles. The van der Waals surface area contributed by atoms with Gasteiger partial charge in [0.25, 0.3) is 0 Å². The third-order valence-corrected chi connectivity index (χ3v) is 4.47. The first-order valence-electron chi connectivity index (χ1n) is 8.12. The highest BCUT2D eigenvalue weighted by Crippen LogP contribution is 2.34. The van der Waals surface area contributed by atoms with Crippen molar-refractivity contribution in [3.8, 4) is 0 Å². The van der Waals surface area contributed by atoms with Crippen LogP contribution in [0.15, 0.2) is 66.9 Å². The Balaban J connectivity index is 1.97. The molecule has 0 unspecified atom stereocenters. The fourth-order valence-electron chi connectivity index (χ4n) is 3.36. The lowest BCUT2D eigenvalue weighted by Crippen LogP contribution is -1.95. The highest BCUT2D eigenvalue weighted by atomic mass is 14.7. The first-order chi connectivity index (χ1) is 11.3. The van der Waals surface area contributed by atoms with Gasteiger partial charge in [-0.2, -0.15) is 0 Å². The average molecular weight is 297 g/mol. The van der Waals surface area contributed by atoms with Crippen LogP contribution in [0.3, 0.4) is 0 Å². The van der Waals surface area contributed by atoms with Crippen LogP contribution in [0.25, 0.3) is 11.6 Å². The molecule has 112 valence electrons. The second-order valence-corrected chi connectivity index (χ2v) is 6.13. The van der Waals surface area contributed by atoms with E-state index in [2.05, 4.69) is 72.6 Å². The van der Waals surface area contributed by atoms with Gasteiger partial charge in [0.05, 0.1) is 0 Å². The Morgan fingerprint density at radius 3 is 2.65 bits per heavy atom. The number of hydrogen-bond donors (Lipinski definition) is 0. The van der Waals surface area contributed by atoms with Crippen molar-refractivity contribution in [2.24, 2.45) is 0 Å². The summed E-state index contributed by atoms with van der Waals surface area (Å²) < 4.78 is 0. The standard InChI is InChI=1S/C22H19N/c1-16-6-4-7-17(14-16)15-21-19-9-3-2-8-18(19)11-12-22-20(21)10-5-13-23-22/h2-10,13-15H,11-12H2,1H3/b21-15-. The molecule has 2 aromatic carbocycles. The molecule has 0 N–H and O–H groups in total. The highest BCUT2D eigenvalue weighted by molar-refractivity contribution is 5.93. The molecule has 1 aliphatic rings. The van der Waals surface area contributed by atoms with E-state index < -0.39 is 0 Å². The van der Waals surface area contributed by atoms with Gasteiger partial charge in [-0.3, -0.25) is 4.98 Å². The van der Waals surface area contributed by atoms with E-state index in [0.717, 1.165) is 12.8 Å². The maximum atomic E-state index is 4.63. The molecular weight excluding hydrogens is 278 g/mol. The van der Waals surface area contributed by atoms with Crippen LogP contribution in [0, 0.1) is 6.92 Å². The predicted octanol–water partition coefficient (Wildman–Crippen LogP) is 5.08. The highest BCUT2D eigenvalue weighted by Gasteiger charge is 2.18. The summed E-state index contributed by atoms with van der Waals surface area (Å²) in [7, 11) is 0. The minimum atomic E-state index is 0.998. The monoisotopic (exact) mass is 297 g/mol.